The summed E-state index contributed by atoms with van der Waals surface area (Å²) in [5, 5.41) is 7.66. The van der Waals surface area contributed by atoms with E-state index in [4.69, 9.17) is 0 Å². The van der Waals surface area contributed by atoms with E-state index in [1.165, 1.54) is 28.5 Å². The summed E-state index contributed by atoms with van der Waals surface area (Å²) in [6.07, 6.45) is 5.81. The molecule has 5 heteroatoms. The molecule has 0 spiro atoms. The number of benzene rings is 1. The largest absolute Gasteiger partial charge is 0.361 e. The lowest BCUT2D eigenvalue weighted by Gasteiger charge is -2.08. The summed E-state index contributed by atoms with van der Waals surface area (Å²) in [4.78, 5) is 15.2. The van der Waals surface area contributed by atoms with Gasteiger partial charge in [0, 0.05) is 30.1 Å². The topological polar surface area (TPSA) is 56.9 Å². The molecule has 2 heterocycles. The second-order valence-electron chi connectivity index (χ2n) is 6.31. The molecule has 1 fully saturated rings. The van der Waals surface area contributed by atoms with Crippen LogP contribution in [0.4, 0.5) is 0 Å². The van der Waals surface area contributed by atoms with Crippen LogP contribution in [0.1, 0.15) is 30.4 Å². The van der Waals surface area contributed by atoms with Gasteiger partial charge < -0.3 is 15.6 Å². The van der Waals surface area contributed by atoms with Gasteiger partial charge >= 0.3 is 0 Å². The SMILES string of the molecule is Cc1cccc2c(CCNC(=O)CCC3CCNC3)c[nH]c12.Cl. The van der Waals surface area contributed by atoms with Gasteiger partial charge in [0.1, 0.15) is 0 Å². The highest BCUT2D eigenvalue weighted by Crippen LogP contribution is 2.21. The second-order valence-corrected chi connectivity index (χ2v) is 6.31. The van der Waals surface area contributed by atoms with Crippen LogP contribution >= 0.6 is 12.4 Å². The number of H-pyrrole nitrogens is 1. The molecule has 4 nitrogen and oxygen atoms in total. The lowest BCUT2D eigenvalue weighted by atomic mass is 10.0. The molecule has 1 aromatic heterocycles. The van der Waals surface area contributed by atoms with E-state index >= 15 is 0 Å². The van der Waals surface area contributed by atoms with E-state index < -0.39 is 0 Å². The zero-order valence-corrected chi connectivity index (χ0v) is 14.5. The second kappa shape index (κ2) is 8.37. The maximum atomic E-state index is 11.9. The molecule has 0 radical (unpaired) electrons. The van der Waals surface area contributed by atoms with Crippen molar-refractivity contribution in [1.29, 1.82) is 0 Å². The Morgan fingerprint density at radius 1 is 1.39 bits per heavy atom. The van der Waals surface area contributed by atoms with E-state index in [0.717, 1.165) is 25.9 Å². The van der Waals surface area contributed by atoms with Crippen molar-refractivity contribution in [2.75, 3.05) is 19.6 Å². The van der Waals surface area contributed by atoms with Crippen LogP contribution in [0.5, 0.6) is 0 Å². The van der Waals surface area contributed by atoms with Crippen molar-refractivity contribution in [2.24, 2.45) is 5.92 Å². The summed E-state index contributed by atoms with van der Waals surface area (Å²) < 4.78 is 0. The van der Waals surface area contributed by atoms with Gasteiger partial charge in [-0.25, -0.2) is 0 Å². The molecule has 126 valence electrons. The number of para-hydroxylation sites is 1. The van der Waals surface area contributed by atoms with Crippen LogP contribution < -0.4 is 10.6 Å². The number of carbonyl (C=O) groups is 1. The Morgan fingerprint density at radius 3 is 3.04 bits per heavy atom. The third-order valence-corrected chi connectivity index (χ3v) is 4.67. The minimum absolute atomic E-state index is 0. The van der Waals surface area contributed by atoms with Crippen LogP contribution in [0.3, 0.4) is 0 Å². The van der Waals surface area contributed by atoms with Gasteiger partial charge in [-0.05, 0) is 56.3 Å². The zero-order valence-electron chi connectivity index (χ0n) is 13.7. The molecule has 23 heavy (non-hydrogen) atoms. The summed E-state index contributed by atoms with van der Waals surface area (Å²) >= 11 is 0. The zero-order chi connectivity index (χ0) is 15.4. The first-order chi connectivity index (χ1) is 10.7. The number of amides is 1. The molecule has 0 aliphatic carbocycles. The molecule has 1 amide bonds. The number of aromatic nitrogens is 1. The molecule has 1 unspecified atom stereocenters. The number of fused-ring (bicyclic) bond motifs is 1. The van der Waals surface area contributed by atoms with Crippen LogP contribution in [-0.2, 0) is 11.2 Å². The number of nitrogens with one attached hydrogen (secondary N) is 3. The van der Waals surface area contributed by atoms with Gasteiger partial charge in [-0.15, -0.1) is 12.4 Å². The third-order valence-electron chi connectivity index (χ3n) is 4.67. The van der Waals surface area contributed by atoms with Crippen molar-refractivity contribution in [3.05, 3.63) is 35.5 Å². The maximum absolute atomic E-state index is 11.9. The van der Waals surface area contributed by atoms with Crippen LogP contribution in [0.15, 0.2) is 24.4 Å². The summed E-state index contributed by atoms with van der Waals surface area (Å²) in [6, 6.07) is 6.34. The molecular weight excluding hydrogens is 310 g/mol. The van der Waals surface area contributed by atoms with E-state index in [-0.39, 0.29) is 18.3 Å². The van der Waals surface area contributed by atoms with E-state index in [2.05, 4.69) is 46.9 Å². The first-order valence-corrected chi connectivity index (χ1v) is 8.27. The molecule has 1 aliphatic rings. The van der Waals surface area contributed by atoms with Crippen molar-refractivity contribution in [2.45, 2.75) is 32.6 Å². The van der Waals surface area contributed by atoms with E-state index in [1.807, 2.05) is 0 Å². The van der Waals surface area contributed by atoms with Gasteiger partial charge in [0.15, 0.2) is 0 Å². The van der Waals surface area contributed by atoms with Gasteiger partial charge in [0.05, 0.1) is 0 Å². The minimum Gasteiger partial charge on any atom is -0.361 e. The molecule has 3 rings (SSSR count). The van der Waals surface area contributed by atoms with Crippen molar-refractivity contribution in [1.82, 2.24) is 15.6 Å². The number of rotatable bonds is 6. The number of aryl methyl sites for hydroxylation is 1. The van der Waals surface area contributed by atoms with Gasteiger partial charge in [-0.1, -0.05) is 18.2 Å². The van der Waals surface area contributed by atoms with Crippen molar-refractivity contribution < 1.29 is 4.79 Å². The summed E-state index contributed by atoms with van der Waals surface area (Å²) in [5.74, 6) is 0.866. The summed E-state index contributed by atoms with van der Waals surface area (Å²) in [6.45, 7) is 5.00. The maximum Gasteiger partial charge on any atom is 0.220 e. The summed E-state index contributed by atoms with van der Waals surface area (Å²) in [5.41, 5.74) is 3.74. The fourth-order valence-corrected chi connectivity index (χ4v) is 3.29. The molecule has 1 saturated heterocycles. The lowest BCUT2D eigenvalue weighted by molar-refractivity contribution is -0.121. The number of hydrogen-bond donors (Lipinski definition) is 3. The number of aromatic amines is 1. The molecular formula is C18H26ClN3O. The number of carbonyl (C=O) groups excluding carboxylic acids is 1. The Hall–Kier alpha value is -1.52. The average molecular weight is 336 g/mol. The van der Waals surface area contributed by atoms with E-state index in [1.54, 1.807) is 0 Å². The van der Waals surface area contributed by atoms with Gasteiger partial charge in [0.2, 0.25) is 5.91 Å². The molecule has 2 aromatic rings. The standard InChI is InChI=1S/C18H25N3O.ClH/c1-13-3-2-4-16-15(12-21-18(13)16)8-10-20-17(22)6-5-14-7-9-19-11-14;/h2-4,12,14,19,21H,5-11H2,1H3,(H,20,22);1H. The van der Waals surface area contributed by atoms with Crippen LogP contribution in [0.2, 0.25) is 0 Å². The fourth-order valence-electron chi connectivity index (χ4n) is 3.29. The Labute approximate surface area is 143 Å². The first-order valence-electron chi connectivity index (χ1n) is 8.27. The normalized spacial score (nSPS) is 17.2. The third kappa shape index (κ3) is 4.49. The predicted octanol–water partition coefficient (Wildman–Crippen LogP) is 2.95. The highest BCUT2D eigenvalue weighted by atomic mass is 35.5. The monoisotopic (exact) mass is 335 g/mol. The number of hydrogen-bond acceptors (Lipinski definition) is 2. The molecule has 1 aliphatic heterocycles. The van der Waals surface area contributed by atoms with Gasteiger partial charge in [0.25, 0.3) is 0 Å². The molecule has 1 aromatic carbocycles. The van der Waals surface area contributed by atoms with E-state index in [0.29, 0.717) is 18.9 Å². The quantitative estimate of drug-likeness (QED) is 0.760. The van der Waals surface area contributed by atoms with Crippen LogP contribution in [0, 0.1) is 12.8 Å². The minimum atomic E-state index is 0. The molecule has 1 atom stereocenters. The smallest absolute Gasteiger partial charge is 0.220 e. The molecule has 0 saturated carbocycles. The Morgan fingerprint density at radius 2 is 2.26 bits per heavy atom. The molecule has 3 N–H and O–H groups in total. The predicted molar refractivity (Wildman–Crippen MR) is 97.2 cm³/mol. The molecule has 0 bridgehead atoms. The van der Waals surface area contributed by atoms with E-state index in [9.17, 15) is 4.79 Å². The Balaban J connectivity index is 0.00000192. The fraction of sp³-hybridized carbons (Fsp3) is 0.500. The first kappa shape index (κ1) is 17.8. The highest BCUT2D eigenvalue weighted by molar-refractivity contribution is 5.86. The summed E-state index contributed by atoms with van der Waals surface area (Å²) in [7, 11) is 0. The van der Waals surface area contributed by atoms with Gasteiger partial charge in [-0.2, -0.15) is 0 Å². The number of halogens is 1. The lowest BCUT2D eigenvalue weighted by Crippen LogP contribution is -2.26. The highest BCUT2D eigenvalue weighted by Gasteiger charge is 2.15. The van der Waals surface area contributed by atoms with Crippen molar-refractivity contribution in [3.8, 4) is 0 Å². The Kier molecular flexibility index (Phi) is 6.48. The average Bonchev–Trinajstić information content (AvgIpc) is 3.16. The van der Waals surface area contributed by atoms with Crippen molar-refractivity contribution in [3.63, 3.8) is 0 Å². The van der Waals surface area contributed by atoms with Crippen molar-refractivity contribution >= 4 is 29.2 Å². The van der Waals surface area contributed by atoms with Crippen LogP contribution in [0.25, 0.3) is 10.9 Å². The Bertz CT molecular complexity index is 647. The van der Waals surface area contributed by atoms with Gasteiger partial charge in [-0.3, -0.25) is 4.79 Å². The van der Waals surface area contributed by atoms with Crippen LogP contribution in [-0.4, -0.2) is 30.5 Å².